The van der Waals surface area contributed by atoms with Gasteiger partial charge in [-0.05, 0) is 44.9 Å². The van der Waals surface area contributed by atoms with Crippen LogP contribution < -0.4 is 11.1 Å². The van der Waals surface area contributed by atoms with E-state index in [1.807, 2.05) is 20.8 Å². The lowest BCUT2D eigenvalue weighted by molar-refractivity contribution is 0.0505. The van der Waals surface area contributed by atoms with Crippen molar-refractivity contribution in [3.05, 3.63) is 28.3 Å². The predicted molar refractivity (Wildman–Crippen MR) is 95.9 cm³/mol. The summed E-state index contributed by atoms with van der Waals surface area (Å²) in [5, 5.41) is 12.3. The van der Waals surface area contributed by atoms with Gasteiger partial charge in [0, 0.05) is 36.4 Å². The monoisotopic (exact) mass is 369 g/mol. The van der Waals surface area contributed by atoms with Crippen molar-refractivity contribution in [2.75, 3.05) is 18.8 Å². The second-order valence-corrected chi connectivity index (χ2v) is 7.61. The zero-order valence-electron chi connectivity index (χ0n) is 14.6. The maximum absolute atomic E-state index is 11.8. The van der Waals surface area contributed by atoms with Crippen LogP contribution >= 0.6 is 11.6 Å². The number of hydrogen-bond acceptors (Lipinski definition) is 5. The molecule has 1 heterocycles. The first-order valence-corrected chi connectivity index (χ1v) is 8.46. The largest absolute Gasteiger partial charge is 0.478 e. The van der Waals surface area contributed by atoms with Crippen molar-refractivity contribution >= 4 is 29.4 Å². The Bertz CT molecular complexity index is 673. The number of hydrogen-bond donors (Lipinski definition) is 3. The number of nitrogens with zero attached hydrogens (tertiary/aromatic N) is 1. The molecule has 0 aliphatic carbocycles. The lowest BCUT2D eigenvalue weighted by Crippen LogP contribution is -2.40. The number of amides is 1. The number of carbonyl (C=O) groups excluding carboxylic acids is 1. The molecule has 1 amide bonds. The average Bonchev–Trinajstić information content (AvgIpc) is 2.87. The summed E-state index contributed by atoms with van der Waals surface area (Å²) < 4.78 is 5.26. The standard InChI is InChI=1S/C17H24ClN3O4/c1-17(2,3)25-16(24)20-11-4-5-21(9-11)8-10-6-14(19)12(15(22)23)7-13(10)18/h6-7,11H,4-5,8-9,19H2,1-3H3,(H,20,24)(H,22,23). The molecule has 2 rings (SSSR count). The number of halogens is 1. The molecule has 1 atom stereocenters. The van der Waals surface area contributed by atoms with E-state index in [0.717, 1.165) is 18.5 Å². The third-order valence-electron chi connectivity index (χ3n) is 3.84. The summed E-state index contributed by atoms with van der Waals surface area (Å²) in [5.41, 5.74) is 6.21. The van der Waals surface area contributed by atoms with Crippen molar-refractivity contribution in [2.45, 2.75) is 45.4 Å². The van der Waals surface area contributed by atoms with E-state index < -0.39 is 17.7 Å². The van der Waals surface area contributed by atoms with Crippen LogP contribution in [0.2, 0.25) is 5.02 Å². The van der Waals surface area contributed by atoms with Crippen LogP contribution in [0.1, 0.15) is 43.1 Å². The molecule has 7 nitrogen and oxygen atoms in total. The quantitative estimate of drug-likeness (QED) is 0.705. The first-order valence-electron chi connectivity index (χ1n) is 8.08. The topological polar surface area (TPSA) is 105 Å². The molecule has 4 N–H and O–H groups in total. The maximum atomic E-state index is 11.8. The molecule has 1 aromatic rings. The predicted octanol–water partition coefficient (Wildman–Crippen LogP) is 2.72. The number of aromatic carboxylic acids is 1. The van der Waals surface area contributed by atoms with Crippen molar-refractivity contribution in [3.8, 4) is 0 Å². The third-order valence-corrected chi connectivity index (χ3v) is 4.19. The normalized spacial score (nSPS) is 18.2. The summed E-state index contributed by atoms with van der Waals surface area (Å²) in [5.74, 6) is -1.10. The number of nitrogens with one attached hydrogen (secondary N) is 1. The Labute approximate surface area is 152 Å². The van der Waals surface area contributed by atoms with E-state index in [1.165, 1.54) is 6.07 Å². The van der Waals surface area contributed by atoms with Gasteiger partial charge in [-0.2, -0.15) is 0 Å². The van der Waals surface area contributed by atoms with E-state index in [0.29, 0.717) is 18.1 Å². The molecule has 0 saturated carbocycles. The molecule has 25 heavy (non-hydrogen) atoms. The second kappa shape index (κ2) is 7.49. The van der Waals surface area contributed by atoms with Crippen molar-refractivity contribution < 1.29 is 19.4 Å². The minimum Gasteiger partial charge on any atom is -0.478 e. The van der Waals surface area contributed by atoms with Gasteiger partial charge in [-0.25, -0.2) is 9.59 Å². The molecule has 1 saturated heterocycles. The van der Waals surface area contributed by atoms with Crippen molar-refractivity contribution in [1.82, 2.24) is 10.2 Å². The van der Waals surface area contributed by atoms with Crippen molar-refractivity contribution in [2.24, 2.45) is 0 Å². The van der Waals surface area contributed by atoms with Crippen LogP contribution in [-0.4, -0.2) is 46.8 Å². The Morgan fingerprint density at radius 1 is 1.44 bits per heavy atom. The molecule has 0 spiro atoms. The van der Waals surface area contributed by atoms with Gasteiger partial charge in [-0.1, -0.05) is 11.6 Å². The average molecular weight is 370 g/mol. The summed E-state index contributed by atoms with van der Waals surface area (Å²) in [7, 11) is 0. The molecule has 1 unspecified atom stereocenters. The molecule has 138 valence electrons. The summed E-state index contributed by atoms with van der Waals surface area (Å²) >= 11 is 6.18. The lowest BCUT2D eigenvalue weighted by atomic mass is 10.1. The first-order chi connectivity index (χ1) is 11.5. The number of nitrogen functional groups attached to an aromatic ring is 1. The summed E-state index contributed by atoms with van der Waals surface area (Å²) in [4.78, 5) is 25.0. The molecule has 1 aromatic carbocycles. The smallest absolute Gasteiger partial charge is 0.407 e. The Hall–Kier alpha value is -1.99. The van der Waals surface area contributed by atoms with Crippen LogP contribution in [0.25, 0.3) is 0 Å². The zero-order valence-corrected chi connectivity index (χ0v) is 15.4. The van der Waals surface area contributed by atoms with E-state index in [-0.39, 0.29) is 17.3 Å². The molecule has 1 fully saturated rings. The number of anilines is 1. The number of carboxylic acid groups (broad SMARTS) is 1. The van der Waals surface area contributed by atoms with Gasteiger partial charge in [0.1, 0.15) is 5.60 Å². The highest BCUT2D eigenvalue weighted by Crippen LogP contribution is 2.26. The minimum absolute atomic E-state index is 0.000333. The van der Waals surface area contributed by atoms with Gasteiger partial charge in [0.05, 0.1) is 5.56 Å². The molecular formula is C17H24ClN3O4. The summed E-state index contributed by atoms with van der Waals surface area (Å²) in [6, 6.07) is 2.98. The highest BCUT2D eigenvalue weighted by atomic mass is 35.5. The van der Waals surface area contributed by atoms with Crippen molar-refractivity contribution in [1.29, 1.82) is 0 Å². The number of rotatable bonds is 4. The van der Waals surface area contributed by atoms with Gasteiger partial charge in [0.15, 0.2) is 0 Å². The van der Waals surface area contributed by atoms with Crippen molar-refractivity contribution in [3.63, 3.8) is 0 Å². The van der Waals surface area contributed by atoms with Gasteiger partial charge >= 0.3 is 12.1 Å². The van der Waals surface area contributed by atoms with Crippen LogP contribution in [0.4, 0.5) is 10.5 Å². The SMILES string of the molecule is CC(C)(C)OC(=O)NC1CCN(Cc2cc(N)c(C(=O)O)cc2Cl)C1. The van der Waals surface area contributed by atoms with E-state index >= 15 is 0 Å². The maximum Gasteiger partial charge on any atom is 0.407 e. The highest BCUT2D eigenvalue weighted by molar-refractivity contribution is 6.31. The summed E-state index contributed by atoms with van der Waals surface area (Å²) in [6.45, 7) is 7.45. The van der Waals surface area contributed by atoms with Crippen LogP contribution in [0.15, 0.2) is 12.1 Å². The Morgan fingerprint density at radius 2 is 2.12 bits per heavy atom. The Morgan fingerprint density at radius 3 is 2.72 bits per heavy atom. The third kappa shape index (κ3) is 5.51. The molecule has 8 heteroatoms. The summed E-state index contributed by atoms with van der Waals surface area (Å²) in [6.07, 6.45) is 0.381. The van der Waals surface area contributed by atoms with Gasteiger partial charge in [0.2, 0.25) is 0 Å². The van der Waals surface area contributed by atoms with E-state index in [1.54, 1.807) is 6.07 Å². The van der Waals surface area contributed by atoms with Crippen LogP contribution in [0.5, 0.6) is 0 Å². The number of ether oxygens (including phenoxy) is 1. The molecule has 0 radical (unpaired) electrons. The molecule has 0 aromatic heterocycles. The van der Waals surface area contributed by atoms with Gasteiger partial charge in [-0.3, -0.25) is 4.90 Å². The number of nitrogens with two attached hydrogens (primary N) is 1. The fourth-order valence-corrected chi connectivity index (χ4v) is 2.98. The van der Waals surface area contributed by atoms with Crippen LogP contribution in [-0.2, 0) is 11.3 Å². The number of carbonyl (C=O) groups is 2. The molecular weight excluding hydrogens is 346 g/mol. The first kappa shape index (κ1) is 19.3. The number of alkyl carbamates (subject to hydrolysis) is 1. The van der Waals surface area contributed by atoms with Crippen LogP contribution in [0.3, 0.4) is 0 Å². The Balaban J connectivity index is 1.94. The van der Waals surface area contributed by atoms with E-state index in [2.05, 4.69) is 10.2 Å². The zero-order chi connectivity index (χ0) is 18.8. The van der Waals surface area contributed by atoms with Gasteiger partial charge in [-0.15, -0.1) is 0 Å². The minimum atomic E-state index is -1.10. The Kier molecular flexibility index (Phi) is 5.80. The second-order valence-electron chi connectivity index (χ2n) is 7.20. The highest BCUT2D eigenvalue weighted by Gasteiger charge is 2.26. The van der Waals surface area contributed by atoms with Gasteiger partial charge in [0.25, 0.3) is 0 Å². The molecule has 1 aliphatic heterocycles. The fraction of sp³-hybridized carbons (Fsp3) is 0.529. The molecule has 1 aliphatic rings. The number of carboxylic acids is 1. The van der Waals surface area contributed by atoms with Crippen LogP contribution in [0, 0.1) is 0 Å². The van der Waals surface area contributed by atoms with E-state index in [4.69, 9.17) is 27.2 Å². The number of likely N-dealkylation sites (tertiary alicyclic amines) is 1. The van der Waals surface area contributed by atoms with E-state index in [9.17, 15) is 9.59 Å². The van der Waals surface area contributed by atoms with Gasteiger partial charge < -0.3 is 20.9 Å². The fourth-order valence-electron chi connectivity index (χ4n) is 2.75. The molecule has 0 bridgehead atoms. The number of benzene rings is 1. The lowest BCUT2D eigenvalue weighted by Gasteiger charge is -2.22.